The maximum atomic E-state index is 12.7. The highest BCUT2D eigenvalue weighted by molar-refractivity contribution is 7.98. The van der Waals surface area contributed by atoms with E-state index in [1.54, 1.807) is 16.7 Å². The van der Waals surface area contributed by atoms with Crippen LogP contribution in [0.2, 0.25) is 0 Å². The second kappa shape index (κ2) is 9.09. The summed E-state index contributed by atoms with van der Waals surface area (Å²) in [6, 6.07) is 16.4. The highest BCUT2D eigenvalue weighted by atomic mass is 32.2. The van der Waals surface area contributed by atoms with E-state index in [1.165, 1.54) is 16.0 Å². The van der Waals surface area contributed by atoms with Gasteiger partial charge >= 0.3 is 0 Å². The van der Waals surface area contributed by atoms with Gasteiger partial charge in [0.05, 0.1) is 0 Å². The van der Waals surface area contributed by atoms with Crippen LogP contribution in [-0.4, -0.2) is 31.2 Å². The van der Waals surface area contributed by atoms with Gasteiger partial charge < -0.3 is 10.2 Å². The first-order valence-corrected chi connectivity index (χ1v) is 10.7. The van der Waals surface area contributed by atoms with Crippen molar-refractivity contribution in [1.82, 2.24) is 5.32 Å². The molecule has 142 valence electrons. The van der Waals surface area contributed by atoms with Crippen molar-refractivity contribution in [3.8, 4) is 0 Å². The topological polar surface area (TPSA) is 49.4 Å². The molecule has 2 amide bonds. The summed E-state index contributed by atoms with van der Waals surface area (Å²) in [7, 11) is 0. The Hall–Kier alpha value is -2.27. The summed E-state index contributed by atoms with van der Waals surface area (Å²) in [4.78, 5) is 28.1. The van der Waals surface area contributed by atoms with Crippen molar-refractivity contribution >= 4 is 29.3 Å². The van der Waals surface area contributed by atoms with Gasteiger partial charge in [0.25, 0.3) is 0 Å². The average Bonchev–Trinajstić information content (AvgIpc) is 3.10. The minimum absolute atomic E-state index is 0.0962. The number of benzene rings is 2. The third-order valence-electron chi connectivity index (χ3n) is 5.05. The predicted molar refractivity (Wildman–Crippen MR) is 111 cm³/mol. The van der Waals surface area contributed by atoms with Crippen molar-refractivity contribution in [2.24, 2.45) is 5.92 Å². The van der Waals surface area contributed by atoms with Gasteiger partial charge in [0.1, 0.15) is 5.92 Å². The number of nitrogens with one attached hydrogen (secondary N) is 1. The molecule has 27 heavy (non-hydrogen) atoms. The first-order chi connectivity index (χ1) is 13.1. The van der Waals surface area contributed by atoms with Gasteiger partial charge in [-0.25, -0.2) is 0 Å². The van der Waals surface area contributed by atoms with Crippen molar-refractivity contribution < 1.29 is 9.59 Å². The summed E-state index contributed by atoms with van der Waals surface area (Å²) in [5.41, 5.74) is 3.30. The van der Waals surface area contributed by atoms with Crippen LogP contribution in [0.25, 0.3) is 0 Å². The zero-order valence-corrected chi connectivity index (χ0v) is 16.7. The predicted octanol–water partition coefficient (Wildman–Crippen LogP) is 3.68. The number of hydrogen-bond acceptors (Lipinski definition) is 3. The summed E-state index contributed by atoms with van der Waals surface area (Å²) in [6.45, 7) is 3.25. The van der Waals surface area contributed by atoms with Gasteiger partial charge in [-0.1, -0.05) is 31.2 Å². The van der Waals surface area contributed by atoms with Gasteiger partial charge in [0, 0.05) is 23.7 Å². The monoisotopic (exact) mass is 382 g/mol. The molecule has 0 spiro atoms. The molecule has 1 fully saturated rings. The number of hydrogen-bond donors (Lipinski definition) is 1. The van der Waals surface area contributed by atoms with Crippen LogP contribution in [0.1, 0.15) is 24.5 Å². The van der Waals surface area contributed by atoms with E-state index in [0.29, 0.717) is 19.5 Å². The van der Waals surface area contributed by atoms with Crippen molar-refractivity contribution in [3.63, 3.8) is 0 Å². The Kier molecular flexibility index (Phi) is 6.56. The quantitative estimate of drug-likeness (QED) is 0.587. The third-order valence-corrected chi connectivity index (χ3v) is 5.79. The normalized spacial score (nSPS) is 16.6. The van der Waals surface area contributed by atoms with E-state index in [0.717, 1.165) is 18.5 Å². The van der Waals surface area contributed by atoms with E-state index < -0.39 is 5.92 Å². The minimum atomic E-state index is -0.574. The Morgan fingerprint density at radius 3 is 2.41 bits per heavy atom. The molecule has 1 heterocycles. The van der Waals surface area contributed by atoms with Crippen LogP contribution in [0.4, 0.5) is 5.69 Å². The lowest BCUT2D eigenvalue weighted by molar-refractivity contribution is -0.132. The lowest BCUT2D eigenvalue weighted by atomic mass is 10.1. The molecule has 1 unspecified atom stereocenters. The number of nitrogens with zero attached hydrogens (tertiary/aromatic N) is 1. The second-order valence-corrected chi connectivity index (χ2v) is 7.62. The molecule has 1 atom stereocenters. The Balaban J connectivity index is 1.51. The Morgan fingerprint density at radius 1 is 1.11 bits per heavy atom. The molecule has 2 aromatic rings. The first-order valence-electron chi connectivity index (χ1n) is 9.43. The van der Waals surface area contributed by atoms with Crippen LogP contribution in [0.15, 0.2) is 53.4 Å². The number of aryl methyl sites for hydroxylation is 1. The molecule has 2 aromatic carbocycles. The van der Waals surface area contributed by atoms with Crippen LogP contribution in [0, 0.1) is 5.92 Å². The summed E-state index contributed by atoms with van der Waals surface area (Å²) in [6.07, 6.45) is 4.36. The van der Waals surface area contributed by atoms with Gasteiger partial charge in [-0.05, 0) is 60.9 Å². The third kappa shape index (κ3) is 4.72. The molecule has 1 aliphatic heterocycles. The molecular weight excluding hydrogens is 356 g/mol. The van der Waals surface area contributed by atoms with E-state index in [1.807, 2.05) is 24.3 Å². The van der Waals surface area contributed by atoms with E-state index in [-0.39, 0.29) is 11.8 Å². The van der Waals surface area contributed by atoms with Crippen molar-refractivity contribution in [2.45, 2.75) is 31.1 Å². The maximum absolute atomic E-state index is 12.7. The highest BCUT2D eigenvalue weighted by Crippen LogP contribution is 2.26. The number of amides is 2. The standard InChI is InChI=1S/C22H26N2O2S/c1-3-16-4-8-18(9-5-16)24-15-13-20(22(24)26)21(25)23-14-12-17-6-10-19(27-2)11-7-17/h4-11,20H,3,12-15H2,1-2H3,(H,23,25). The zero-order valence-electron chi connectivity index (χ0n) is 15.9. The zero-order chi connectivity index (χ0) is 19.2. The van der Waals surface area contributed by atoms with Gasteiger partial charge in [-0.3, -0.25) is 9.59 Å². The van der Waals surface area contributed by atoms with E-state index in [9.17, 15) is 9.59 Å². The first kappa shape index (κ1) is 19.5. The second-order valence-electron chi connectivity index (χ2n) is 6.74. The van der Waals surface area contributed by atoms with E-state index >= 15 is 0 Å². The Labute approximate surface area is 165 Å². The van der Waals surface area contributed by atoms with Crippen LogP contribution in [0.3, 0.4) is 0 Å². The van der Waals surface area contributed by atoms with E-state index in [2.05, 4.69) is 42.8 Å². The Bertz CT molecular complexity index is 787. The molecule has 3 rings (SSSR count). The van der Waals surface area contributed by atoms with Gasteiger partial charge in [-0.2, -0.15) is 0 Å². The molecule has 0 aliphatic carbocycles. The van der Waals surface area contributed by atoms with Gasteiger partial charge in [0.2, 0.25) is 11.8 Å². The molecule has 0 bridgehead atoms. The molecular formula is C22H26N2O2S. The number of carbonyl (C=O) groups is 2. The number of anilines is 1. The average molecular weight is 383 g/mol. The summed E-state index contributed by atoms with van der Waals surface area (Å²) >= 11 is 1.71. The number of rotatable bonds is 7. The smallest absolute Gasteiger partial charge is 0.239 e. The molecule has 0 aromatic heterocycles. The van der Waals surface area contributed by atoms with Crippen LogP contribution < -0.4 is 10.2 Å². The molecule has 4 nitrogen and oxygen atoms in total. The van der Waals surface area contributed by atoms with Crippen LogP contribution in [-0.2, 0) is 22.4 Å². The van der Waals surface area contributed by atoms with Gasteiger partial charge in [-0.15, -0.1) is 11.8 Å². The maximum Gasteiger partial charge on any atom is 0.239 e. The fourth-order valence-electron chi connectivity index (χ4n) is 3.34. The van der Waals surface area contributed by atoms with Gasteiger partial charge in [0.15, 0.2) is 0 Å². The SMILES string of the molecule is CCc1ccc(N2CCC(C(=O)NCCc3ccc(SC)cc3)C2=O)cc1. The highest BCUT2D eigenvalue weighted by Gasteiger charge is 2.37. The van der Waals surface area contributed by atoms with Crippen molar-refractivity contribution in [2.75, 3.05) is 24.2 Å². The summed E-state index contributed by atoms with van der Waals surface area (Å²) < 4.78 is 0. The molecule has 0 saturated carbocycles. The fraction of sp³-hybridized carbons (Fsp3) is 0.364. The lowest BCUT2D eigenvalue weighted by Gasteiger charge is -2.17. The number of carbonyl (C=O) groups excluding carboxylic acids is 2. The molecule has 1 saturated heterocycles. The molecule has 0 radical (unpaired) electrons. The summed E-state index contributed by atoms with van der Waals surface area (Å²) in [5.74, 6) is -0.829. The van der Waals surface area contributed by atoms with Crippen LogP contribution >= 0.6 is 11.8 Å². The van der Waals surface area contributed by atoms with Crippen LogP contribution in [0.5, 0.6) is 0 Å². The molecule has 5 heteroatoms. The van der Waals surface area contributed by atoms with Crippen molar-refractivity contribution in [1.29, 1.82) is 0 Å². The van der Waals surface area contributed by atoms with E-state index in [4.69, 9.17) is 0 Å². The lowest BCUT2D eigenvalue weighted by Crippen LogP contribution is -2.37. The molecule has 1 N–H and O–H groups in total. The molecule has 1 aliphatic rings. The minimum Gasteiger partial charge on any atom is -0.355 e. The fourth-order valence-corrected chi connectivity index (χ4v) is 3.74. The largest absolute Gasteiger partial charge is 0.355 e. The number of thioether (sulfide) groups is 1. The Morgan fingerprint density at radius 2 is 1.78 bits per heavy atom. The van der Waals surface area contributed by atoms with Crippen molar-refractivity contribution in [3.05, 3.63) is 59.7 Å². The summed E-state index contributed by atoms with van der Waals surface area (Å²) in [5, 5.41) is 2.93.